The van der Waals surface area contributed by atoms with E-state index in [0.717, 1.165) is 30.8 Å². The van der Waals surface area contributed by atoms with Crippen LogP contribution in [0, 0.1) is 0 Å². The highest BCUT2D eigenvalue weighted by Crippen LogP contribution is 2.25. The molecule has 0 aliphatic rings. The SMILES string of the molecule is C=CCc1cccc(CN)c1OCCCCCC. The minimum atomic E-state index is 0.523. The largest absolute Gasteiger partial charge is 0.493 e. The van der Waals surface area contributed by atoms with Crippen molar-refractivity contribution in [1.29, 1.82) is 0 Å². The maximum atomic E-state index is 5.93. The Labute approximate surface area is 111 Å². The number of unbranched alkanes of at least 4 members (excludes halogenated alkanes) is 3. The summed E-state index contributed by atoms with van der Waals surface area (Å²) < 4.78 is 5.93. The Morgan fingerprint density at radius 2 is 2.00 bits per heavy atom. The van der Waals surface area contributed by atoms with E-state index in [0.29, 0.717) is 6.54 Å². The molecule has 0 aromatic heterocycles. The molecular weight excluding hydrogens is 222 g/mol. The first-order valence-corrected chi connectivity index (χ1v) is 6.88. The second-order valence-corrected chi connectivity index (χ2v) is 4.51. The molecule has 1 rings (SSSR count). The Bertz CT molecular complexity index is 360. The lowest BCUT2D eigenvalue weighted by Crippen LogP contribution is -2.06. The molecule has 2 N–H and O–H groups in total. The highest BCUT2D eigenvalue weighted by Gasteiger charge is 2.07. The molecule has 0 atom stereocenters. The molecule has 0 saturated heterocycles. The monoisotopic (exact) mass is 247 g/mol. The topological polar surface area (TPSA) is 35.2 Å². The Morgan fingerprint density at radius 3 is 2.67 bits per heavy atom. The van der Waals surface area contributed by atoms with E-state index >= 15 is 0 Å². The summed E-state index contributed by atoms with van der Waals surface area (Å²) in [4.78, 5) is 0. The summed E-state index contributed by atoms with van der Waals surface area (Å²) in [5.41, 5.74) is 8.03. The number of benzene rings is 1. The van der Waals surface area contributed by atoms with Gasteiger partial charge in [0.15, 0.2) is 0 Å². The van der Waals surface area contributed by atoms with E-state index in [-0.39, 0.29) is 0 Å². The number of para-hydroxylation sites is 1. The second-order valence-electron chi connectivity index (χ2n) is 4.51. The quantitative estimate of drug-likeness (QED) is 0.531. The molecule has 18 heavy (non-hydrogen) atoms. The zero-order valence-electron chi connectivity index (χ0n) is 11.5. The Morgan fingerprint density at radius 1 is 1.22 bits per heavy atom. The van der Waals surface area contributed by atoms with Crippen molar-refractivity contribution in [1.82, 2.24) is 0 Å². The fourth-order valence-electron chi connectivity index (χ4n) is 2.00. The summed E-state index contributed by atoms with van der Waals surface area (Å²) in [6.07, 6.45) is 7.61. The van der Waals surface area contributed by atoms with E-state index < -0.39 is 0 Å². The lowest BCUT2D eigenvalue weighted by atomic mass is 10.1. The first kappa shape index (κ1) is 14.8. The molecule has 0 unspecified atom stereocenters. The summed E-state index contributed by atoms with van der Waals surface area (Å²) >= 11 is 0. The Hall–Kier alpha value is -1.28. The molecule has 1 aromatic carbocycles. The number of hydrogen-bond acceptors (Lipinski definition) is 2. The summed E-state index contributed by atoms with van der Waals surface area (Å²) in [7, 11) is 0. The predicted molar refractivity (Wildman–Crippen MR) is 77.9 cm³/mol. The number of hydrogen-bond donors (Lipinski definition) is 1. The van der Waals surface area contributed by atoms with Gasteiger partial charge in [0.2, 0.25) is 0 Å². The fourth-order valence-corrected chi connectivity index (χ4v) is 2.00. The van der Waals surface area contributed by atoms with Crippen molar-refractivity contribution in [3.05, 3.63) is 42.0 Å². The van der Waals surface area contributed by atoms with Gasteiger partial charge >= 0.3 is 0 Å². The van der Waals surface area contributed by atoms with Crippen LogP contribution in [0.5, 0.6) is 5.75 Å². The van der Waals surface area contributed by atoms with Gasteiger partial charge in [-0.15, -0.1) is 6.58 Å². The predicted octanol–water partition coefficient (Wildman–Crippen LogP) is 3.83. The number of rotatable bonds is 9. The van der Waals surface area contributed by atoms with Crippen LogP contribution in [0.2, 0.25) is 0 Å². The molecule has 1 aromatic rings. The van der Waals surface area contributed by atoms with Crippen molar-refractivity contribution < 1.29 is 4.74 Å². The summed E-state index contributed by atoms with van der Waals surface area (Å²) in [6, 6.07) is 6.15. The van der Waals surface area contributed by atoms with Gasteiger partial charge in [-0.05, 0) is 18.4 Å². The number of ether oxygens (including phenoxy) is 1. The van der Waals surface area contributed by atoms with E-state index in [2.05, 4.69) is 19.6 Å². The molecule has 0 bridgehead atoms. The molecule has 0 aliphatic carbocycles. The lowest BCUT2D eigenvalue weighted by Gasteiger charge is -2.14. The molecule has 0 fully saturated rings. The van der Waals surface area contributed by atoms with Gasteiger partial charge in [0, 0.05) is 12.1 Å². The van der Waals surface area contributed by atoms with Crippen molar-refractivity contribution in [2.75, 3.05) is 6.61 Å². The van der Waals surface area contributed by atoms with Crippen LogP contribution in [0.1, 0.15) is 43.7 Å². The molecule has 2 nitrogen and oxygen atoms in total. The molecule has 100 valence electrons. The third-order valence-electron chi connectivity index (χ3n) is 3.01. The van der Waals surface area contributed by atoms with E-state index in [4.69, 9.17) is 10.5 Å². The standard InChI is InChI=1S/C16H25NO/c1-3-5-6-7-12-18-16-14(9-4-2)10-8-11-15(16)13-17/h4,8,10-11H,2-3,5-7,9,12-13,17H2,1H3. The van der Waals surface area contributed by atoms with Gasteiger partial charge in [-0.25, -0.2) is 0 Å². The normalized spacial score (nSPS) is 10.3. The minimum Gasteiger partial charge on any atom is -0.493 e. The van der Waals surface area contributed by atoms with E-state index in [1.165, 1.54) is 24.8 Å². The summed E-state index contributed by atoms with van der Waals surface area (Å²) in [6.45, 7) is 7.30. The number of allylic oxidation sites excluding steroid dienone is 1. The van der Waals surface area contributed by atoms with Gasteiger partial charge < -0.3 is 10.5 Å². The van der Waals surface area contributed by atoms with Crippen LogP contribution in [-0.4, -0.2) is 6.61 Å². The molecule has 0 aliphatic heterocycles. The van der Waals surface area contributed by atoms with Gasteiger partial charge in [-0.3, -0.25) is 0 Å². The van der Waals surface area contributed by atoms with Crippen molar-refractivity contribution >= 4 is 0 Å². The Balaban J connectivity index is 2.62. The molecule has 0 saturated carbocycles. The average molecular weight is 247 g/mol. The maximum absolute atomic E-state index is 5.93. The van der Waals surface area contributed by atoms with Crippen molar-refractivity contribution in [2.24, 2.45) is 5.73 Å². The smallest absolute Gasteiger partial charge is 0.127 e. The average Bonchev–Trinajstić information content (AvgIpc) is 2.40. The van der Waals surface area contributed by atoms with Crippen molar-refractivity contribution in [2.45, 2.75) is 45.6 Å². The van der Waals surface area contributed by atoms with E-state index in [1.54, 1.807) is 0 Å². The van der Waals surface area contributed by atoms with Gasteiger partial charge in [0.1, 0.15) is 5.75 Å². The molecule has 2 heteroatoms. The van der Waals surface area contributed by atoms with Gasteiger partial charge in [-0.2, -0.15) is 0 Å². The lowest BCUT2D eigenvalue weighted by molar-refractivity contribution is 0.299. The first-order valence-electron chi connectivity index (χ1n) is 6.88. The molecular formula is C16H25NO. The van der Waals surface area contributed by atoms with Gasteiger partial charge in [0.05, 0.1) is 6.61 Å². The molecule has 0 radical (unpaired) electrons. The second kappa shape index (κ2) is 8.76. The minimum absolute atomic E-state index is 0.523. The van der Waals surface area contributed by atoms with E-state index in [1.807, 2.05) is 18.2 Å². The van der Waals surface area contributed by atoms with E-state index in [9.17, 15) is 0 Å². The van der Waals surface area contributed by atoms with Gasteiger partial charge in [0.25, 0.3) is 0 Å². The summed E-state index contributed by atoms with van der Waals surface area (Å²) in [5, 5.41) is 0. The zero-order valence-corrected chi connectivity index (χ0v) is 11.5. The molecule has 0 spiro atoms. The summed E-state index contributed by atoms with van der Waals surface area (Å²) in [5.74, 6) is 0.969. The van der Waals surface area contributed by atoms with Crippen LogP contribution in [0.4, 0.5) is 0 Å². The number of nitrogens with two attached hydrogens (primary N) is 1. The maximum Gasteiger partial charge on any atom is 0.127 e. The van der Waals surface area contributed by atoms with Crippen LogP contribution in [0.3, 0.4) is 0 Å². The van der Waals surface area contributed by atoms with Gasteiger partial charge in [-0.1, -0.05) is 50.5 Å². The highest BCUT2D eigenvalue weighted by molar-refractivity contribution is 5.42. The first-order chi connectivity index (χ1) is 8.83. The highest BCUT2D eigenvalue weighted by atomic mass is 16.5. The molecule has 0 heterocycles. The van der Waals surface area contributed by atoms with Crippen LogP contribution >= 0.6 is 0 Å². The zero-order chi connectivity index (χ0) is 13.2. The van der Waals surface area contributed by atoms with Crippen molar-refractivity contribution in [3.8, 4) is 5.75 Å². The van der Waals surface area contributed by atoms with Crippen LogP contribution in [0.25, 0.3) is 0 Å². The van der Waals surface area contributed by atoms with Crippen LogP contribution in [-0.2, 0) is 13.0 Å². The van der Waals surface area contributed by atoms with Crippen LogP contribution in [0.15, 0.2) is 30.9 Å². The van der Waals surface area contributed by atoms with Crippen LogP contribution < -0.4 is 10.5 Å². The molecule has 0 amide bonds. The fraction of sp³-hybridized carbons (Fsp3) is 0.500. The third kappa shape index (κ3) is 4.53. The van der Waals surface area contributed by atoms with Crippen molar-refractivity contribution in [3.63, 3.8) is 0 Å². The third-order valence-corrected chi connectivity index (χ3v) is 3.01. The Kier molecular flexibility index (Phi) is 7.19.